The fraction of sp³-hybridized carbons (Fsp3) is 0.200. The van der Waals surface area contributed by atoms with Gasteiger partial charge in [-0.1, -0.05) is 89.8 Å². The molecule has 5 aromatic rings. The van der Waals surface area contributed by atoms with Crippen molar-refractivity contribution in [2.45, 2.75) is 39.4 Å². The molecule has 0 aliphatic carbocycles. The Hall–Kier alpha value is -3.53. The monoisotopic (exact) mass is 572 g/mol. The van der Waals surface area contributed by atoms with E-state index in [1.165, 1.54) is 23.1 Å². The SMILES string of the molecule is Cc1cccc(C)c1-n1c(SCC(=O)NCc2ccccc2)nc2c(sc(=S)n2-c2c(C)cccc2C)c1=O. The lowest BCUT2D eigenvalue weighted by Crippen LogP contribution is -2.26. The van der Waals surface area contributed by atoms with Crippen LogP contribution in [0.2, 0.25) is 0 Å². The number of carbonyl (C=O) groups excluding carboxylic acids is 1. The van der Waals surface area contributed by atoms with Crippen LogP contribution in [0.25, 0.3) is 21.7 Å². The van der Waals surface area contributed by atoms with E-state index in [2.05, 4.69) is 5.32 Å². The molecule has 1 N–H and O–H groups in total. The lowest BCUT2D eigenvalue weighted by molar-refractivity contribution is -0.118. The van der Waals surface area contributed by atoms with E-state index in [4.69, 9.17) is 17.2 Å². The molecule has 0 bridgehead atoms. The van der Waals surface area contributed by atoms with Crippen molar-refractivity contribution in [1.29, 1.82) is 0 Å². The van der Waals surface area contributed by atoms with Gasteiger partial charge in [-0.2, -0.15) is 0 Å². The molecule has 0 aliphatic heterocycles. The molecule has 3 aromatic carbocycles. The number of carbonyl (C=O) groups is 1. The molecule has 2 heterocycles. The fourth-order valence-corrected chi connectivity index (χ4v) is 6.82. The fourth-order valence-electron chi connectivity index (χ4n) is 4.72. The first-order valence-electron chi connectivity index (χ1n) is 12.5. The maximum absolute atomic E-state index is 14.1. The summed E-state index contributed by atoms with van der Waals surface area (Å²) in [6.07, 6.45) is 0. The zero-order valence-electron chi connectivity index (χ0n) is 22.1. The predicted molar refractivity (Wildman–Crippen MR) is 163 cm³/mol. The second kappa shape index (κ2) is 11.3. The van der Waals surface area contributed by atoms with Gasteiger partial charge in [0, 0.05) is 6.54 Å². The van der Waals surface area contributed by atoms with Gasteiger partial charge in [-0.3, -0.25) is 18.7 Å². The van der Waals surface area contributed by atoms with E-state index in [0.29, 0.717) is 26.0 Å². The van der Waals surface area contributed by atoms with Crippen LogP contribution in [-0.4, -0.2) is 25.8 Å². The smallest absolute Gasteiger partial charge is 0.278 e. The molecule has 39 heavy (non-hydrogen) atoms. The second-order valence-corrected chi connectivity index (χ2v) is 12.0. The van der Waals surface area contributed by atoms with Crippen LogP contribution in [-0.2, 0) is 11.3 Å². The van der Waals surface area contributed by atoms with Crippen molar-refractivity contribution in [3.63, 3.8) is 0 Å². The standard InChI is InChI=1S/C30H28N4O2S3/c1-18-10-8-11-19(2)24(18)33-27-26(39-30(33)37)28(36)34(25-20(3)12-9-13-21(25)4)29(32-27)38-17-23(35)31-16-22-14-6-5-7-15-22/h5-15H,16-17H2,1-4H3,(H,31,35). The average Bonchev–Trinajstić information content (AvgIpc) is 3.24. The van der Waals surface area contributed by atoms with Crippen molar-refractivity contribution in [3.05, 3.63) is 109 Å². The van der Waals surface area contributed by atoms with Crippen LogP contribution in [0.3, 0.4) is 0 Å². The van der Waals surface area contributed by atoms with Gasteiger partial charge in [0.25, 0.3) is 5.56 Å². The highest BCUT2D eigenvalue weighted by atomic mass is 32.2. The van der Waals surface area contributed by atoms with E-state index in [0.717, 1.165) is 39.2 Å². The van der Waals surface area contributed by atoms with E-state index < -0.39 is 0 Å². The summed E-state index contributed by atoms with van der Waals surface area (Å²) in [5.74, 6) is -0.0209. The Morgan fingerprint density at radius 3 is 2.03 bits per heavy atom. The van der Waals surface area contributed by atoms with Crippen molar-refractivity contribution in [2.75, 3.05) is 5.75 Å². The zero-order valence-corrected chi connectivity index (χ0v) is 24.6. The number of fused-ring (bicyclic) bond motifs is 1. The number of amides is 1. The highest BCUT2D eigenvalue weighted by Crippen LogP contribution is 2.31. The zero-order chi connectivity index (χ0) is 27.7. The van der Waals surface area contributed by atoms with Crippen molar-refractivity contribution in [3.8, 4) is 11.4 Å². The summed E-state index contributed by atoms with van der Waals surface area (Å²) in [4.78, 5) is 32.0. The first kappa shape index (κ1) is 27.1. The van der Waals surface area contributed by atoms with Crippen molar-refractivity contribution >= 4 is 51.6 Å². The van der Waals surface area contributed by atoms with Gasteiger partial charge in [0.15, 0.2) is 14.8 Å². The molecule has 5 rings (SSSR count). The maximum atomic E-state index is 14.1. The molecule has 0 fully saturated rings. The Bertz CT molecular complexity index is 1780. The van der Waals surface area contributed by atoms with Gasteiger partial charge >= 0.3 is 0 Å². The van der Waals surface area contributed by atoms with Gasteiger partial charge in [-0.05, 0) is 67.7 Å². The van der Waals surface area contributed by atoms with E-state index in [-0.39, 0.29) is 17.2 Å². The largest absolute Gasteiger partial charge is 0.351 e. The van der Waals surface area contributed by atoms with E-state index in [9.17, 15) is 9.59 Å². The summed E-state index contributed by atoms with van der Waals surface area (Å²) in [5, 5.41) is 3.42. The molecular formula is C30H28N4O2S3. The molecule has 0 radical (unpaired) electrons. The number of thioether (sulfide) groups is 1. The third-order valence-corrected chi connectivity index (χ3v) is 8.86. The number of aromatic nitrogens is 3. The molecule has 6 nitrogen and oxygen atoms in total. The van der Waals surface area contributed by atoms with Crippen molar-refractivity contribution in [2.24, 2.45) is 0 Å². The number of rotatable bonds is 7. The molecule has 0 atom stereocenters. The van der Waals surface area contributed by atoms with Crippen LogP contribution in [0, 0.1) is 31.6 Å². The third kappa shape index (κ3) is 5.34. The highest BCUT2D eigenvalue weighted by Gasteiger charge is 2.22. The van der Waals surface area contributed by atoms with Crippen LogP contribution in [0.15, 0.2) is 76.7 Å². The van der Waals surface area contributed by atoms with E-state index in [1.54, 1.807) is 4.57 Å². The Labute approximate surface area is 240 Å². The Morgan fingerprint density at radius 2 is 1.44 bits per heavy atom. The number of thiazole rings is 1. The van der Waals surface area contributed by atoms with Crippen LogP contribution in [0.4, 0.5) is 0 Å². The molecular weight excluding hydrogens is 545 g/mol. The molecule has 0 spiro atoms. The molecule has 9 heteroatoms. The summed E-state index contributed by atoms with van der Waals surface area (Å²) >= 11 is 8.30. The van der Waals surface area contributed by atoms with Gasteiger partial charge in [0.05, 0.1) is 17.1 Å². The number of hydrogen-bond acceptors (Lipinski definition) is 6. The Morgan fingerprint density at radius 1 is 0.872 bits per heavy atom. The van der Waals surface area contributed by atoms with Gasteiger partial charge in [-0.15, -0.1) is 0 Å². The number of hydrogen-bond donors (Lipinski definition) is 1. The van der Waals surface area contributed by atoms with Gasteiger partial charge < -0.3 is 5.32 Å². The lowest BCUT2D eigenvalue weighted by atomic mass is 10.1. The Balaban J connectivity index is 1.63. The molecule has 0 saturated carbocycles. The first-order chi connectivity index (χ1) is 18.8. The average molecular weight is 573 g/mol. The minimum atomic E-state index is -0.189. The van der Waals surface area contributed by atoms with Crippen LogP contribution >= 0.6 is 35.3 Å². The first-order valence-corrected chi connectivity index (χ1v) is 14.7. The van der Waals surface area contributed by atoms with Crippen LogP contribution in [0.5, 0.6) is 0 Å². The Kier molecular flexibility index (Phi) is 7.83. The lowest BCUT2D eigenvalue weighted by Gasteiger charge is -2.17. The second-order valence-electron chi connectivity index (χ2n) is 9.42. The predicted octanol–water partition coefficient (Wildman–Crippen LogP) is 6.61. The number of aryl methyl sites for hydroxylation is 4. The quantitative estimate of drug-likeness (QED) is 0.135. The summed E-state index contributed by atoms with van der Waals surface area (Å²) in [6.45, 7) is 8.44. The summed E-state index contributed by atoms with van der Waals surface area (Å²) in [7, 11) is 0. The maximum Gasteiger partial charge on any atom is 0.278 e. The molecule has 1 amide bonds. The molecule has 0 unspecified atom stereocenters. The van der Waals surface area contributed by atoms with Gasteiger partial charge in [0.1, 0.15) is 4.70 Å². The molecule has 198 valence electrons. The van der Waals surface area contributed by atoms with Crippen molar-refractivity contribution < 1.29 is 4.79 Å². The van der Waals surface area contributed by atoms with E-state index >= 15 is 0 Å². The summed E-state index contributed by atoms with van der Waals surface area (Å²) in [5.41, 5.74) is 7.05. The number of nitrogens with zero attached hydrogens (tertiary/aromatic N) is 3. The summed E-state index contributed by atoms with van der Waals surface area (Å²) in [6, 6.07) is 21.7. The number of nitrogens with one attached hydrogen (secondary N) is 1. The topological polar surface area (TPSA) is 68.9 Å². The van der Waals surface area contributed by atoms with E-state index in [1.807, 2.05) is 99.0 Å². The molecule has 0 saturated heterocycles. The van der Waals surface area contributed by atoms with Gasteiger partial charge in [0.2, 0.25) is 5.91 Å². The third-order valence-electron chi connectivity index (χ3n) is 6.57. The van der Waals surface area contributed by atoms with Crippen LogP contribution in [0.1, 0.15) is 27.8 Å². The number of benzene rings is 3. The number of para-hydroxylation sites is 2. The highest BCUT2D eigenvalue weighted by molar-refractivity contribution is 7.99. The van der Waals surface area contributed by atoms with Crippen molar-refractivity contribution in [1.82, 2.24) is 19.4 Å². The van der Waals surface area contributed by atoms with Crippen LogP contribution < -0.4 is 10.9 Å². The summed E-state index contributed by atoms with van der Waals surface area (Å²) < 4.78 is 4.59. The molecule has 0 aliphatic rings. The molecule has 2 aromatic heterocycles. The minimum absolute atomic E-state index is 0.115. The minimum Gasteiger partial charge on any atom is -0.351 e. The normalized spacial score (nSPS) is 11.2. The van der Waals surface area contributed by atoms with Gasteiger partial charge in [-0.25, -0.2) is 4.98 Å².